The van der Waals surface area contributed by atoms with Crippen molar-refractivity contribution in [3.05, 3.63) is 5.15 Å². The van der Waals surface area contributed by atoms with Crippen molar-refractivity contribution >= 4 is 29.1 Å². The Morgan fingerprint density at radius 2 is 1.79 bits per heavy atom. The van der Waals surface area contributed by atoms with Gasteiger partial charge in [0, 0.05) is 13.1 Å². The molecule has 0 bridgehead atoms. The number of nitrogen functional groups attached to an aromatic ring is 2. The highest BCUT2D eigenvalue weighted by Gasteiger charge is 2.18. The van der Waals surface area contributed by atoms with E-state index in [1.807, 2.05) is 0 Å². The lowest BCUT2D eigenvalue weighted by Gasteiger charge is -2.18. The molecule has 0 aliphatic carbocycles. The van der Waals surface area contributed by atoms with Gasteiger partial charge in [0.05, 0.1) is 0 Å². The molecule has 0 aromatic carbocycles. The molecular weight excluding hydrogens is 202 g/mol. The van der Waals surface area contributed by atoms with Gasteiger partial charge in [-0.15, -0.1) is 0 Å². The second kappa shape index (κ2) is 3.49. The topological polar surface area (TPSA) is 81.1 Å². The third-order valence-corrected chi connectivity index (χ3v) is 2.59. The van der Waals surface area contributed by atoms with Crippen LogP contribution in [0.5, 0.6) is 0 Å². The molecule has 0 amide bonds. The summed E-state index contributed by atoms with van der Waals surface area (Å²) < 4.78 is 0. The number of hydrogen-bond acceptors (Lipinski definition) is 5. The van der Waals surface area contributed by atoms with Crippen LogP contribution in [0.2, 0.25) is 5.15 Å². The van der Waals surface area contributed by atoms with E-state index in [2.05, 4.69) is 14.9 Å². The van der Waals surface area contributed by atoms with Gasteiger partial charge in [-0.05, 0) is 12.8 Å². The maximum Gasteiger partial charge on any atom is 0.223 e. The minimum absolute atomic E-state index is 0.172. The maximum absolute atomic E-state index is 5.81. The predicted octanol–water partition coefficient (Wildman–Crippen LogP) is 0.895. The number of nitrogens with zero attached hydrogens (tertiary/aromatic N) is 3. The van der Waals surface area contributed by atoms with E-state index >= 15 is 0 Å². The Balaban J connectivity index is 2.40. The van der Waals surface area contributed by atoms with Crippen molar-refractivity contribution < 1.29 is 0 Å². The normalized spacial score (nSPS) is 16.2. The van der Waals surface area contributed by atoms with Gasteiger partial charge >= 0.3 is 0 Å². The van der Waals surface area contributed by atoms with Gasteiger partial charge in [0.2, 0.25) is 5.95 Å². The lowest BCUT2D eigenvalue weighted by Crippen LogP contribution is -2.21. The Labute approximate surface area is 87.1 Å². The smallest absolute Gasteiger partial charge is 0.223 e. The first-order valence-electron chi connectivity index (χ1n) is 4.52. The Hall–Kier alpha value is -1.23. The standard InChI is InChI=1S/C8H12ClN5/c9-6-5(10)7(13-8(11)12-6)14-3-1-2-4-14/h1-4,10H2,(H2,11,12,13). The molecule has 1 aliphatic rings. The molecule has 0 atom stereocenters. The van der Waals surface area contributed by atoms with Crippen molar-refractivity contribution in [2.75, 3.05) is 29.5 Å². The molecule has 76 valence electrons. The maximum atomic E-state index is 5.81. The van der Waals surface area contributed by atoms with Gasteiger partial charge < -0.3 is 16.4 Å². The first-order chi connectivity index (χ1) is 6.68. The van der Waals surface area contributed by atoms with Crippen LogP contribution >= 0.6 is 11.6 Å². The van der Waals surface area contributed by atoms with Crippen molar-refractivity contribution in [2.45, 2.75) is 12.8 Å². The first-order valence-corrected chi connectivity index (χ1v) is 4.89. The lowest BCUT2D eigenvalue weighted by atomic mass is 10.4. The zero-order valence-corrected chi connectivity index (χ0v) is 8.46. The van der Waals surface area contributed by atoms with E-state index in [0.29, 0.717) is 11.5 Å². The molecule has 5 nitrogen and oxygen atoms in total. The molecule has 14 heavy (non-hydrogen) atoms. The van der Waals surface area contributed by atoms with Gasteiger partial charge in [-0.1, -0.05) is 11.6 Å². The molecule has 1 saturated heterocycles. The third-order valence-electron chi connectivity index (χ3n) is 2.30. The van der Waals surface area contributed by atoms with E-state index in [1.165, 1.54) is 0 Å². The summed E-state index contributed by atoms with van der Waals surface area (Å²) in [4.78, 5) is 9.97. The van der Waals surface area contributed by atoms with Gasteiger partial charge in [0.25, 0.3) is 0 Å². The molecule has 1 fully saturated rings. The van der Waals surface area contributed by atoms with Gasteiger partial charge in [0.15, 0.2) is 11.0 Å². The zero-order chi connectivity index (χ0) is 10.1. The molecule has 6 heteroatoms. The van der Waals surface area contributed by atoms with Gasteiger partial charge in [-0.3, -0.25) is 0 Å². The fourth-order valence-electron chi connectivity index (χ4n) is 1.62. The number of halogens is 1. The second-order valence-electron chi connectivity index (χ2n) is 3.30. The largest absolute Gasteiger partial charge is 0.393 e. The lowest BCUT2D eigenvalue weighted by molar-refractivity contribution is 0.934. The fourth-order valence-corrected chi connectivity index (χ4v) is 1.79. The fraction of sp³-hybridized carbons (Fsp3) is 0.500. The minimum Gasteiger partial charge on any atom is -0.393 e. The molecule has 1 aromatic heterocycles. The highest BCUT2D eigenvalue weighted by atomic mass is 35.5. The number of nitrogens with two attached hydrogens (primary N) is 2. The van der Waals surface area contributed by atoms with Crippen molar-refractivity contribution in [3.8, 4) is 0 Å². The molecule has 0 radical (unpaired) electrons. The van der Waals surface area contributed by atoms with Crippen molar-refractivity contribution in [2.24, 2.45) is 0 Å². The van der Waals surface area contributed by atoms with Crippen LogP contribution in [0.25, 0.3) is 0 Å². The summed E-state index contributed by atoms with van der Waals surface area (Å²) in [6, 6.07) is 0. The number of aromatic nitrogens is 2. The average molecular weight is 214 g/mol. The minimum atomic E-state index is 0.172. The quantitative estimate of drug-likeness (QED) is 0.678. The molecule has 1 aromatic rings. The van der Waals surface area contributed by atoms with Crippen molar-refractivity contribution in [1.29, 1.82) is 0 Å². The van der Waals surface area contributed by atoms with E-state index in [9.17, 15) is 0 Å². The SMILES string of the molecule is Nc1nc(Cl)c(N)c(N2CCCC2)n1. The highest BCUT2D eigenvalue weighted by Crippen LogP contribution is 2.29. The second-order valence-corrected chi connectivity index (χ2v) is 3.66. The van der Waals surface area contributed by atoms with Crippen LogP contribution in [-0.4, -0.2) is 23.1 Å². The van der Waals surface area contributed by atoms with Crippen LogP contribution in [0.4, 0.5) is 17.5 Å². The summed E-state index contributed by atoms with van der Waals surface area (Å²) >= 11 is 5.81. The molecule has 4 N–H and O–H groups in total. The molecule has 1 aliphatic heterocycles. The van der Waals surface area contributed by atoms with Gasteiger partial charge in [-0.25, -0.2) is 0 Å². The molecular formula is C8H12ClN5. The molecule has 0 saturated carbocycles. The molecule has 0 spiro atoms. The van der Waals surface area contributed by atoms with Crippen LogP contribution in [0.3, 0.4) is 0 Å². The number of hydrogen-bond donors (Lipinski definition) is 2. The summed E-state index contributed by atoms with van der Waals surface area (Å²) in [6.07, 6.45) is 2.31. The number of anilines is 3. The predicted molar refractivity (Wildman–Crippen MR) is 57.3 cm³/mol. The van der Waals surface area contributed by atoms with Gasteiger partial charge in [-0.2, -0.15) is 9.97 Å². The van der Waals surface area contributed by atoms with Crippen LogP contribution in [0.15, 0.2) is 0 Å². The Kier molecular flexibility index (Phi) is 2.33. The Morgan fingerprint density at radius 1 is 1.14 bits per heavy atom. The Bertz CT molecular complexity index is 348. The van der Waals surface area contributed by atoms with Crippen LogP contribution < -0.4 is 16.4 Å². The average Bonchev–Trinajstić information content (AvgIpc) is 2.63. The van der Waals surface area contributed by atoms with Crippen LogP contribution in [0.1, 0.15) is 12.8 Å². The Morgan fingerprint density at radius 3 is 2.43 bits per heavy atom. The number of rotatable bonds is 1. The van der Waals surface area contributed by atoms with Crippen molar-refractivity contribution in [1.82, 2.24) is 9.97 Å². The van der Waals surface area contributed by atoms with E-state index in [1.54, 1.807) is 0 Å². The molecule has 2 rings (SSSR count). The summed E-state index contributed by atoms with van der Waals surface area (Å²) in [5.74, 6) is 0.839. The van der Waals surface area contributed by atoms with Crippen LogP contribution in [-0.2, 0) is 0 Å². The van der Waals surface area contributed by atoms with E-state index < -0.39 is 0 Å². The summed E-state index contributed by atoms with van der Waals surface area (Å²) in [6.45, 7) is 1.91. The van der Waals surface area contributed by atoms with E-state index in [4.69, 9.17) is 23.1 Å². The molecule has 2 heterocycles. The van der Waals surface area contributed by atoms with Crippen molar-refractivity contribution in [3.63, 3.8) is 0 Å². The van der Waals surface area contributed by atoms with Gasteiger partial charge in [0.1, 0.15) is 5.69 Å². The van der Waals surface area contributed by atoms with Crippen LogP contribution in [0, 0.1) is 0 Å². The summed E-state index contributed by atoms with van der Waals surface area (Å²) in [7, 11) is 0. The summed E-state index contributed by atoms with van der Waals surface area (Å²) in [5.41, 5.74) is 11.7. The highest BCUT2D eigenvalue weighted by molar-refractivity contribution is 6.32. The zero-order valence-electron chi connectivity index (χ0n) is 7.70. The third kappa shape index (κ3) is 1.55. The first kappa shape index (κ1) is 9.33. The monoisotopic (exact) mass is 213 g/mol. The van der Waals surface area contributed by atoms with E-state index in [-0.39, 0.29) is 11.1 Å². The summed E-state index contributed by atoms with van der Waals surface area (Å²) in [5, 5.41) is 0.236. The van der Waals surface area contributed by atoms with E-state index in [0.717, 1.165) is 25.9 Å². The molecule has 0 unspecified atom stereocenters.